The summed E-state index contributed by atoms with van der Waals surface area (Å²) in [7, 11) is 0. The first-order valence-corrected chi connectivity index (χ1v) is 13.5. The quantitative estimate of drug-likeness (QED) is 0.0979. The van der Waals surface area contributed by atoms with E-state index in [1.165, 1.54) is 83.5 Å². The molecule has 0 amide bonds. The second kappa shape index (κ2) is 46.6. The number of rotatable bonds is 18. The second-order valence-corrected chi connectivity index (χ2v) is 8.65. The standard InChI is InChI=1S/C18H36O2.C3H8O3.3C2H4O2.Na/c1-2-3-4-5-6-7-8-9-10-11-12-13-14-15-16-17-18(19)20;4-1-3(6)2-5;3*1-2(3)4;/h2-17H2,1H3,(H,19,20);3-6H,1-2H2;3*1H3,(H,3,4);/q;;;;;+1/p-1. The molecule has 11 nitrogen and oxygen atoms in total. The summed E-state index contributed by atoms with van der Waals surface area (Å²) < 4.78 is 0. The second-order valence-electron chi connectivity index (χ2n) is 8.65. The van der Waals surface area contributed by atoms with Crippen molar-refractivity contribution in [2.75, 3.05) is 13.2 Å². The number of carbonyl (C=O) groups is 4. The van der Waals surface area contributed by atoms with Gasteiger partial charge < -0.3 is 40.5 Å². The summed E-state index contributed by atoms with van der Waals surface area (Å²) in [5, 5.41) is 56.5. The van der Waals surface area contributed by atoms with Gasteiger partial charge in [-0.25, -0.2) is 0 Å². The predicted molar refractivity (Wildman–Crippen MR) is 145 cm³/mol. The van der Waals surface area contributed by atoms with Gasteiger partial charge in [-0.2, -0.15) is 0 Å². The number of carboxylic acids is 4. The van der Waals surface area contributed by atoms with Crippen molar-refractivity contribution >= 4 is 23.9 Å². The van der Waals surface area contributed by atoms with Crippen molar-refractivity contribution in [3.8, 4) is 0 Å². The molecule has 0 aromatic rings. The zero-order valence-corrected chi connectivity index (χ0v) is 27.0. The molecule has 0 rings (SSSR count). The van der Waals surface area contributed by atoms with E-state index in [-0.39, 0.29) is 49.2 Å². The molecule has 0 atom stereocenters. The van der Waals surface area contributed by atoms with Gasteiger partial charge in [0.05, 0.1) is 13.2 Å². The Morgan fingerprint density at radius 1 is 0.564 bits per heavy atom. The first kappa shape index (κ1) is 50.6. The average Bonchev–Trinajstić information content (AvgIpc) is 2.80. The zero-order chi connectivity index (χ0) is 30.6. The van der Waals surface area contributed by atoms with Crippen molar-refractivity contribution in [2.45, 2.75) is 137 Å². The average molecular weight is 579 g/mol. The number of carboxylic acid groups (broad SMARTS) is 4. The van der Waals surface area contributed by atoms with Crippen LogP contribution in [0.25, 0.3) is 0 Å². The van der Waals surface area contributed by atoms with E-state index >= 15 is 0 Å². The molecule has 230 valence electrons. The van der Waals surface area contributed by atoms with Crippen molar-refractivity contribution in [2.24, 2.45) is 0 Å². The molecular formula is C27H55NaO11. The van der Waals surface area contributed by atoms with E-state index in [9.17, 15) is 9.90 Å². The normalized spacial score (nSPS) is 9.03. The minimum atomic E-state index is -0.954. The molecule has 0 heterocycles. The van der Waals surface area contributed by atoms with Crippen LogP contribution in [0.3, 0.4) is 0 Å². The molecule has 12 heteroatoms. The molecule has 0 aromatic heterocycles. The summed E-state index contributed by atoms with van der Waals surface area (Å²) in [4.78, 5) is 37.2. The Morgan fingerprint density at radius 3 is 0.923 bits per heavy atom. The molecule has 0 fully saturated rings. The number of hydrogen-bond acceptors (Lipinski definition) is 8. The van der Waals surface area contributed by atoms with Crippen LogP contribution in [0, 0.1) is 0 Å². The number of aliphatic hydroxyl groups excluding tert-OH is 3. The van der Waals surface area contributed by atoms with E-state index in [1.54, 1.807) is 0 Å². The molecular weight excluding hydrogens is 523 g/mol. The monoisotopic (exact) mass is 578 g/mol. The van der Waals surface area contributed by atoms with E-state index in [4.69, 9.17) is 45.0 Å². The fourth-order valence-corrected chi connectivity index (χ4v) is 2.70. The van der Waals surface area contributed by atoms with Crippen LogP contribution in [0.5, 0.6) is 0 Å². The third-order valence-electron chi connectivity index (χ3n) is 4.41. The molecule has 0 aromatic carbocycles. The van der Waals surface area contributed by atoms with Gasteiger partial charge in [-0.1, -0.05) is 96.8 Å². The Hall–Kier alpha value is -1.24. The summed E-state index contributed by atoms with van der Waals surface area (Å²) in [5.41, 5.74) is 0. The van der Waals surface area contributed by atoms with E-state index in [0.717, 1.165) is 33.6 Å². The van der Waals surface area contributed by atoms with Gasteiger partial charge in [0.25, 0.3) is 17.9 Å². The molecule has 0 radical (unpaired) electrons. The van der Waals surface area contributed by atoms with E-state index in [0.29, 0.717) is 0 Å². The number of carbonyl (C=O) groups excluding carboxylic acids is 1. The van der Waals surface area contributed by atoms with E-state index < -0.39 is 30.0 Å². The molecule has 39 heavy (non-hydrogen) atoms. The Bertz CT molecular complexity index is 473. The van der Waals surface area contributed by atoms with Gasteiger partial charge in [0, 0.05) is 26.7 Å². The predicted octanol–water partition coefficient (Wildman–Crippen LogP) is 0.606. The van der Waals surface area contributed by atoms with Gasteiger partial charge in [-0.3, -0.25) is 14.4 Å². The van der Waals surface area contributed by atoms with Crippen molar-refractivity contribution in [3.05, 3.63) is 0 Å². The number of unbranched alkanes of at least 4 members (excludes halogenated alkanes) is 14. The van der Waals surface area contributed by atoms with Gasteiger partial charge in [-0.05, 0) is 12.8 Å². The minimum Gasteiger partial charge on any atom is -0.550 e. The van der Waals surface area contributed by atoms with Crippen molar-refractivity contribution in [1.29, 1.82) is 0 Å². The first-order valence-electron chi connectivity index (χ1n) is 13.5. The van der Waals surface area contributed by atoms with Crippen LogP contribution < -0.4 is 34.7 Å². The molecule has 0 bridgehead atoms. The number of aliphatic carboxylic acids is 4. The molecule has 6 N–H and O–H groups in total. The number of aliphatic hydroxyl groups is 3. The van der Waals surface area contributed by atoms with Gasteiger partial charge in [-0.15, -0.1) is 0 Å². The Kier molecular flexibility index (Phi) is 60.4. The van der Waals surface area contributed by atoms with E-state index in [2.05, 4.69) is 6.92 Å². The topological polar surface area (TPSA) is 213 Å². The SMILES string of the molecule is CC(=O)O.CC(=O)O.CC(=O)O.CCCCCCCCCCCCCCCCCC(=O)[O-].OCC(O)CO.[Na+]. The van der Waals surface area contributed by atoms with Crippen LogP contribution in [0.2, 0.25) is 0 Å². The van der Waals surface area contributed by atoms with Crippen LogP contribution in [-0.4, -0.2) is 73.8 Å². The van der Waals surface area contributed by atoms with Gasteiger partial charge in [0.15, 0.2) is 0 Å². The van der Waals surface area contributed by atoms with Crippen molar-refractivity contribution in [3.63, 3.8) is 0 Å². The van der Waals surface area contributed by atoms with Crippen LogP contribution in [0.1, 0.15) is 130 Å². The third kappa shape index (κ3) is 114. The molecule has 0 saturated carbocycles. The van der Waals surface area contributed by atoms with Crippen molar-refractivity contribution in [1.82, 2.24) is 0 Å². The van der Waals surface area contributed by atoms with Crippen LogP contribution in [0.15, 0.2) is 0 Å². The number of hydrogen-bond donors (Lipinski definition) is 6. The first-order chi connectivity index (χ1) is 17.8. The summed E-state index contributed by atoms with van der Waals surface area (Å²) in [6.07, 6.45) is 18.9. The molecule has 0 saturated heterocycles. The maximum absolute atomic E-state index is 10.2. The molecule has 0 spiro atoms. The maximum atomic E-state index is 10.2. The van der Waals surface area contributed by atoms with Crippen LogP contribution >= 0.6 is 0 Å². The Labute approximate surface area is 257 Å². The third-order valence-corrected chi connectivity index (χ3v) is 4.41. The van der Waals surface area contributed by atoms with Crippen LogP contribution in [0.4, 0.5) is 0 Å². The summed E-state index contributed by atoms with van der Waals surface area (Å²) in [6.45, 7) is 4.79. The largest absolute Gasteiger partial charge is 1.00 e. The van der Waals surface area contributed by atoms with Crippen LogP contribution in [-0.2, 0) is 19.2 Å². The van der Waals surface area contributed by atoms with Gasteiger partial charge >= 0.3 is 29.6 Å². The zero-order valence-electron chi connectivity index (χ0n) is 25.0. The van der Waals surface area contributed by atoms with E-state index in [1.807, 2.05) is 0 Å². The Balaban J connectivity index is -0.000000116. The molecule has 0 unspecified atom stereocenters. The summed E-state index contributed by atoms with van der Waals surface area (Å²) in [5.74, 6) is -3.40. The smallest absolute Gasteiger partial charge is 0.550 e. The van der Waals surface area contributed by atoms with Crippen molar-refractivity contribution < 1.29 is 84.5 Å². The maximum Gasteiger partial charge on any atom is 1.00 e. The van der Waals surface area contributed by atoms with Gasteiger partial charge in [0.2, 0.25) is 0 Å². The minimum absolute atomic E-state index is 0. The molecule has 0 aliphatic rings. The molecule has 0 aliphatic heterocycles. The molecule has 0 aliphatic carbocycles. The summed E-state index contributed by atoms with van der Waals surface area (Å²) in [6, 6.07) is 0. The summed E-state index contributed by atoms with van der Waals surface area (Å²) >= 11 is 0. The fraction of sp³-hybridized carbons (Fsp3) is 0.852. The Morgan fingerprint density at radius 2 is 0.769 bits per heavy atom. The van der Waals surface area contributed by atoms with Gasteiger partial charge in [0.1, 0.15) is 6.10 Å². The fourth-order valence-electron chi connectivity index (χ4n) is 2.70.